The predicted molar refractivity (Wildman–Crippen MR) is 95.4 cm³/mol. The molecule has 2 rings (SSSR count). The average molecular weight is 333 g/mol. The van der Waals surface area contributed by atoms with Crippen molar-refractivity contribution in [1.29, 1.82) is 0 Å². The highest BCUT2D eigenvalue weighted by atomic mass is 32.1. The lowest BCUT2D eigenvalue weighted by Gasteiger charge is -2.23. The number of anilines is 1. The third-order valence-electron chi connectivity index (χ3n) is 3.37. The van der Waals surface area contributed by atoms with E-state index < -0.39 is 0 Å². The van der Waals surface area contributed by atoms with Gasteiger partial charge in [-0.05, 0) is 56.7 Å². The largest absolute Gasteiger partial charge is 0.494 e. The van der Waals surface area contributed by atoms with Gasteiger partial charge in [-0.3, -0.25) is 0 Å². The molecule has 2 N–H and O–H groups in total. The van der Waals surface area contributed by atoms with Crippen LogP contribution in [0.1, 0.15) is 17.8 Å². The first-order chi connectivity index (χ1) is 11.1. The number of nitrogens with one attached hydrogen (secondary N) is 2. The second-order valence-corrected chi connectivity index (χ2v) is 6.27. The van der Waals surface area contributed by atoms with E-state index in [4.69, 9.17) is 4.74 Å². The first kappa shape index (κ1) is 17.3. The maximum atomic E-state index is 12.1. The smallest absolute Gasteiger partial charge is 0.319 e. The molecule has 1 atom stereocenters. The normalized spacial score (nSPS) is 12.0. The molecule has 1 aromatic heterocycles. The minimum Gasteiger partial charge on any atom is -0.494 e. The van der Waals surface area contributed by atoms with Crippen molar-refractivity contribution in [3.8, 4) is 5.75 Å². The Bertz CT molecular complexity index is 597. The molecule has 0 spiro atoms. The van der Waals surface area contributed by atoms with Crippen molar-refractivity contribution < 1.29 is 9.53 Å². The fourth-order valence-electron chi connectivity index (χ4n) is 2.18. The van der Waals surface area contributed by atoms with Gasteiger partial charge < -0.3 is 20.3 Å². The lowest BCUT2D eigenvalue weighted by atomic mass is 10.2. The molecule has 2 amide bonds. The van der Waals surface area contributed by atoms with Gasteiger partial charge in [0.25, 0.3) is 0 Å². The van der Waals surface area contributed by atoms with Gasteiger partial charge in [-0.15, -0.1) is 11.3 Å². The summed E-state index contributed by atoms with van der Waals surface area (Å²) >= 11 is 1.69. The molecular weight excluding hydrogens is 310 g/mol. The molecule has 0 aliphatic rings. The van der Waals surface area contributed by atoms with Gasteiger partial charge in [0.1, 0.15) is 5.75 Å². The van der Waals surface area contributed by atoms with Crippen molar-refractivity contribution in [3.63, 3.8) is 0 Å². The Morgan fingerprint density at radius 1 is 1.26 bits per heavy atom. The number of carbonyl (C=O) groups is 1. The zero-order valence-corrected chi connectivity index (χ0v) is 14.5. The number of hydrogen-bond acceptors (Lipinski definition) is 4. The van der Waals surface area contributed by atoms with Gasteiger partial charge >= 0.3 is 6.03 Å². The van der Waals surface area contributed by atoms with Crippen LogP contribution in [0.5, 0.6) is 5.75 Å². The number of ether oxygens (including phenoxy) is 1. The lowest BCUT2D eigenvalue weighted by molar-refractivity contribution is 0.244. The fourth-order valence-corrected chi connectivity index (χ4v) is 3.11. The van der Waals surface area contributed by atoms with Crippen molar-refractivity contribution in [2.75, 3.05) is 32.6 Å². The minimum absolute atomic E-state index is 0.168. The van der Waals surface area contributed by atoms with Crippen LogP contribution in [0.15, 0.2) is 41.8 Å². The van der Waals surface area contributed by atoms with Crippen LogP contribution in [0.3, 0.4) is 0 Å². The molecule has 0 bridgehead atoms. The van der Waals surface area contributed by atoms with Crippen LogP contribution in [0.4, 0.5) is 10.5 Å². The summed E-state index contributed by atoms with van der Waals surface area (Å²) in [6.45, 7) is 3.12. The molecule has 124 valence electrons. The molecule has 2 aromatic rings. The summed E-state index contributed by atoms with van der Waals surface area (Å²) in [5, 5.41) is 7.80. The Morgan fingerprint density at radius 3 is 2.57 bits per heavy atom. The van der Waals surface area contributed by atoms with Crippen molar-refractivity contribution in [2.24, 2.45) is 0 Å². The van der Waals surface area contributed by atoms with E-state index in [0.717, 1.165) is 11.4 Å². The molecular formula is C17H23N3O2S. The molecule has 0 saturated heterocycles. The Balaban J connectivity index is 1.86. The van der Waals surface area contributed by atoms with Gasteiger partial charge in [-0.2, -0.15) is 0 Å². The van der Waals surface area contributed by atoms with Crippen LogP contribution in [0.2, 0.25) is 0 Å². The fraction of sp³-hybridized carbons (Fsp3) is 0.353. The lowest BCUT2D eigenvalue weighted by Crippen LogP contribution is -2.36. The van der Waals surface area contributed by atoms with Crippen LogP contribution in [0, 0.1) is 0 Å². The van der Waals surface area contributed by atoms with Gasteiger partial charge in [-0.1, -0.05) is 6.07 Å². The van der Waals surface area contributed by atoms with Crippen molar-refractivity contribution >= 4 is 23.1 Å². The first-order valence-electron chi connectivity index (χ1n) is 7.57. The van der Waals surface area contributed by atoms with Gasteiger partial charge in [-0.25, -0.2) is 4.79 Å². The van der Waals surface area contributed by atoms with Crippen LogP contribution in [0.25, 0.3) is 0 Å². The number of carbonyl (C=O) groups excluding carboxylic acids is 1. The summed E-state index contributed by atoms with van der Waals surface area (Å²) in [5.74, 6) is 0.795. The van der Waals surface area contributed by atoms with Gasteiger partial charge in [0.2, 0.25) is 0 Å². The summed E-state index contributed by atoms with van der Waals surface area (Å²) in [6.07, 6.45) is 0. The molecule has 0 radical (unpaired) electrons. The molecule has 1 heterocycles. The van der Waals surface area contributed by atoms with Crippen LogP contribution in [-0.4, -0.2) is 38.2 Å². The van der Waals surface area contributed by atoms with E-state index in [-0.39, 0.29) is 12.1 Å². The average Bonchev–Trinajstić information content (AvgIpc) is 3.03. The monoisotopic (exact) mass is 333 g/mol. The third kappa shape index (κ3) is 5.26. The van der Waals surface area contributed by atoms with Crippen LogP contribution >= 0.6 is 11.3 Å². The number of amides is 2. The van der Waals surface area contributed by atoms with E-state index in [1.165, 1.54) is 4.88 Å². The molecule has 6 heteroatoms. The van der Waals surface area contributed by atoms with E-state index in [0.29, 0.717) is 13.2 Å². The number of benzene rings is 1. The Hall–Kier alpha value is -2.05. The zero-order chi connectivity index (χ0) is 16.7. The van der Waals surface area contributed by atoms with Crippen molar-refractivity contribution in [3.05, 3.63) is 46.7 Å². The van der Waals surface area contributed by atoms with E-state index in [1.807, 2.05) is 56.7 Å². The Morgan fingerprint density at radius 2 is 2.00 bits per heavy atom. The molecule has 0 fully saturated rings. The SMILES string of the molecule is CCOc1ccc(NC(=O)NCC(c2cccs2)N(C)C)cc1. The van der Waals surface area contributed by atoms with Gasteiger partial charge in [0.05, 0.1) is 12.6 Å². The second-order valence-electron chi connectivity index (χ2n) is 5.29. The molecule has 0 aliphatic heterocycles. The second kappa shape index (κ2) is 8.55. The highest BCUT2D eigenvalue weighted by Gasteiger charge is 2.16. The van der Waals surface area contributed by atoms with Crippen molar-refractivity contribution in [1.82, 2.24) is 10.2 Å². The number of likely N-dealkylation sites (N-methyl/N-ethyl adjacent to an activating group) is 1. The summed E-state index contributed by atoms with van der Waals surface area (Å²) in [7, 11) is 4.02. The van der Waals surface area contributed by atoms with Crippen molar-refractivity contribution in [2.45, 2.75) is 13.0 Å². The summed E-state index contributed by atoms with van der Waals surface area (Å²) in [4.78, 5) is 15.4. The first-order valence-corrected chi connectivity index (χ1v) is 8.45. The number of urea groups is 1. The van der Waals surface area contributed by atoms with Gasteiger partial charge in [0, 0.05) is 17.1 Å². The molecule has 23 heavy (non-hydrogen) atoms. The number of hydrogen-bond donors (Lipinski definition) is 2. The van der Waals surface area contributed by atoms with E-state index in [2.05, 4.69) is 21.6 Å². The van der Waals surface area contributed by atoms with Crippen LogP contribution < -0.4 is 15.4 Å². The maximum Gasteiger partial charge on any atom is 0.319 e. The van der Waals surface area contributed by atoms with E-state index >= 15 is 0 Å². The Kier molecular flexibility index (Phi) is 6.43. The predicted octanol–water partition coefficient (Wildman–Crippen LogP) is 3.57. The molecule has 0 aliphatic carbocycles. The maximum absolute atomic E-state index is 12.1. The highest BCUT2D eigenvalue weighted by molar-refractivity contribution is 7.10. The molecule has 0 saturated carbocycles. The summed E-state index contributed by atoms with van der Waals surface area (Å²) in [5.41, 5.74) is 0.739. The summed E-state index contributed by atoms with van der Waals surface area (Å²) in [6, 6.07) is 11.4. The number of rotatable bonds is 7. The topological polar surface area (TPSA) is 53.6 Å². The number of nitrogens with zero attached hydrogens (tertiary/aromatic N) is 1. The minimum atomic E-state index is -0.211. The number of thiophene rings is 1. The van der Waals surface area contributed by atoms with Crippen LogP contribution in [-0.2, 0) is 0 Å². The van der Waals surface area contributed by atoms with Gasteiger partial charge in [0.15, 0.2) is 0 Å². The van der Waals surface area contributed by atoms with E-state index in [1.54, 1.807) is 11.3 Å². The summed E-state index contributed by atoms with van der Waals surface area (Å²) < 4.78 is 5.38. The van der Waals surface area contributed by atoms with E-state index in [9.17, 15) is 4.79 Å². The molecule has 5 nitrogen and oxygen atoms in total. The standard InChI is InChI=1S/C17H23N3O2S/c1-4-22-14-9-7-13(8-10-14)19-17(21)18-12-15(20(2)3)16-6-5-11-23-16/h5-11,15H,4,12H2,1-3H3,(H2,18,19,21). The molecule has 1 aromatic carbocycles. The Labute approximate surface area is 141 Å². The highest BCUT2D eigenvalue weighted by Crippen LogP contribution is 2.22. The quantitative estimate of drug-likeness (QED) is 0.814. The molecule has 1 unspecified atom stereocenters. The zero-order valence-electron chi connectivity index (χ0n) is 13.7. The third-order valence-corrected chi connectivity index (χ3v) is 4.35.